The molecule has 10 heteroatoms. The molecule has 0 spiro atoms. The van der Waals surface area contributed by atoms with Gasteiger partial charge in [0.15, 0.2) is 18.3 Å². The summed E-state index contributed by atoms with van der Waals surface area (Å²) in [5.41, 5.74) is 5.90. The Bertz CT molecular complexity index is 878. The van der Waals surface area contributed by atoms with Crippen LogP contribution in [-0.2, 0) is 16.0 Å². The number of nitrogens with one attached hydrogen (secondary N) is 3. The zero-order valence-corrected chi connectivity index (χ0v) is 17.8. The van der Waals surface area contributed by atoms with Crippen molar-refractivity contribution in [2.45, 2.75) is 13.3 Å². The van der Waals surface area contributed by atoms with Gasteiger partial charge in [0.05, 0.1) is 5.02 Å². The molecule has 7 nitrogen and oxygen atoms in total. The van der Waals surface area contributed by atoms with E-state index in [-0.39, 0.29) is 23.3 Å². The molecule has 0 radical (unpaired) electrons. The third-order valence-electron chi connectivity index (χ3n) is 3.52. The Morgan fingerprint density at radius 1 is 0.966 bits per heavy atom. The highest BCUT2D eigenvalue weighted by Gasteiger charge is 2.09. The summed E-state index contributed by atoms with van der Waals surface area (Å²) in [7, 11) is 0. The topological polar surface area (TPSA) is 88.7 Å². The van der Waals surface area contributed by atoms with Crippen LogP contribution in [0.3, 0.4) is 0 Å². The van der Waals surface area contributed by atoms with Crippen molar-refractivity contribution in [3.8, 4) is 11.5 Å². The first-order chi connectivity index (χ1) is 13.9. The Morgan fingerprint density at radius 2 is 1.66 bits per heavy atom. The second kappa shape index (κ2) is 11.5. The first kappa shape index (κ1) is 22.7. The number of amides is 2. The van der Waals surface area contributed by atoms with E-state index in [0.29, 0.717) is 16.5 Å². The summed E-state index contributed by atoms with van der Waals surface area (Å²) < 4.78 is 10.6. The van der Waals surface area contributed by atoms with Crippen LogP contribution >= 0.6 is 35.4 Å². The molecule has 0 unspecified atom stereocenters. The summed E-state index contributed by atoms with van der Waals surface area (Å²) in [6, 6.07) is 12.1. The van der Waals surface area contributed by atoms with Gasteiger partial charge in [-0.2, -0.15) is 0 Å². The molecule has 0 bridgehead atoms. The van der Waals surface area contributed by atoms with Crippen molar-refractivity contribution in [2.75, 3.05) is 13.2 Å². The molecule has 29 heavy (non-hydrogen) atoms. The van der Waals surface area contributed by atoms with Crippen LogP contribution in [0, 0.1) is 0 Å². The zero-order chi connectivity index (χ0) is 21.2. The van der Waals surface area contributed by atoms with Crippen molar-refractivity contribution in [3.63, 3.8) is 0 Å². The highest BCUT2D eigenvalue weighted by Crippen LogP contribution is 2.27. The fraction of sp³-hybridized carbons (Fsp3) is 0.211. The van der Waals surface area contributed by atoms with Crippen LogP contribution in [0.2, 0.25) is 10.0 Å². The number of aryl methyl sites for hydroxylation is 1. The van der Waals surface area contributed by atoms with E-state index >= 15 is 0 Å². The smallest absolute Gasteiger partial charge is 0.276 e. The van der Waals surface area contributed by atoms with Crippen LogP contribution < -0.4 is 25.6 Å². The van der Waals surface area contributed by atoms with E-state index in [2.05, 4.69) is 23.1 Å². The third-order valence-corrected chi connectivity index (χ3v) is 4.26. The molecule has 0 saturated carbocycles. The number of thiocarbonyl (C=S) groups is 1. The molecule has 0 atom stereocenters. The molecule has 154 valence electrons. The first-order valence-electron chi connectivity index (χ1n) is 8.55. The van der Waals surface area contributed by atoms with E-state index in [9.17, 15) is 9.59 Å². The number of carbonyl (C=O) groups excluding carboxylic acids is 2. The van der Waals surface area contributed by atoms with Gasteiger partial charge in [0, 0.05) is 5.02 Å². The van der Waals surface area contributed by atoms with Crippen molar-refractivity contribution >= 4 is 52.3 Å². The average molecular weight is 456 g/mol. The lowest BCUT2D eigenvalue weighted by Crippen LogP contribution is -2.50. The molecular formula is C19H19Cl2N3O4S. The Hall–Kier alpha value is -2.55. The average Bonchev–Trinajstić information content (AvgIpc) is 2.70. The van der Waals surface area contributed by atoms with Crippen LogP contribution in [0.1, 0.15) is 12.5 Å². The number of carbonyl (C=O) groups is 2. The van der Waals surface area contributed by atoms with Gasteiger partial charge in [-0.05, 0) is 54.5 Å². The van der Waals surface area contributed by atoms with Gasteiger partial charge in [-0.25, -0.2) is 0 Å². The zero-order valence-electron chi connectivity index (χ0n) is 15.5. The minimum absolute atomic E-state index is 0.0959. The molecule has 0 heterocycles. The maximum Gasteiger partial charge on any atom is 0.276 e. The molecule has 0 aliphatic carbocycles. The standard InChI is InChI=1S/C19H19Cl2N3O4S/c1-2-12-3-6-14(7-4-12)27-11-18(26)23-24-19(29)22-17(25)10-28-16-8-5-13(20)9-15(16)21/h3-9H,2,10-11H2,1H3,(H,23,26)(H2,22,24,25,29). The quantitative estimate of drug-likeness (QED) is 0.439. The molecule has 2 amide bonds. The molecule has 0 aliphatic rings. The maximum atomic E-state index is 11.8. The molecule has 3 N–H and O–H groups in total. The maximum absolute atomic E-state index is 11.8. The molecule has 0 saturated heterocycles. The normalized spacial score (nSPS) is 10.0. The Labute approximate surface area is 183 Å². The van der Waals surface area contributed by atoms with Crippen LogP contribution in [0.5, 0.6) is 11.5 Å². The van der Waals surface area contributed by atoms with Crippen LogP contribution in [0.25, 0.3) is 0 Å². The number of hydrogen-bond acceptors (Lipinski definition) is 5. The lowest BCUT2D eigenvalue weighted by atomic mass is 10.2. The van der Waals surface area contributed by atoms with Crippen molar-refractivity contribution < 1.29 is 19.1 Å². The van der Waals surface area contributed by atoms with E-state index in [1.54, 1.807) is 24.3 Å². The SMILES string of the molecule is CCc1ccc(OCC(=O)NNC(=S)NC(=O)COc2ccc(Cl)cc2Cl)cc1. The Balaban J connectivity index is 1.66. The second-order valence-corrected chi connectivity index (χ2v) is 6.95. The molecule has 2 aromatic rings. The fourth-order valence-corrected chi connectivity index (χ4v) is 2.69. The molecular weight excluding hydrogens is 437 g/mol. The van der Waals surface area contributed by atoms with Gasteiger partial charge in [-0.3, -0.25) is 25.8 Å². The van der Waals surface area contributed by atoms with Gasteiger partial charge >= 0.3 is 0 Å². The third kappa shape index (κ3) is 8.15. The lowest BCUT2D eigenvalue weighted by molar-refractivity contribution is -0.124. The molecule has 0 aliphatic heterocycles. The summed E-state index contributed by atoms with van der Waals surface area (Å²) in [5.74, 6) is -0.117. The van der Waals surface area contributed by atoms with Gasteiger partial charge in [-0.15, -0.1) is 0 Å². The Morgan fingerprint density at radius 3 is 2.31 bits per heavy atom. The van der Waals surface area contributed by atoms with E-state index in [4.69, 9.17) is 44.9 Å². The van der Waals surface area contributed by atoms with Crippen molar-refractivity contribution in [1.29, 1.82) is 0 Å². The van der Waals surface area contributed by atoms with Crippen molar-refractivity contribution in [3.05, 3.63) is 58.1 Å². The van der Waals surface area contributed by atoms with Gasteiger partial charge < -0.3 is 9.47 Å². The summed E-state index contributed by atoms with van der Waals surface area (Å²) in [6.45, 7) is 1.51. The molecule has 0 aromatic heterocycles. The van der Waals surface area contributed by atoms with E-state index in [1.165, 1.54) is 11.6 Å². The minimum atomic E-state index is -0.532. The van der Waals surface area contributed by atoms with Crippen molar-refractivity contribution in [1.82, 2.24) is 16.2 Å². The van der Waals surface area contributed by atoms with Gasteiger partial charge in [-0.1, -0.05) is 42.3 Å². The molecule has 0 fully saturated rings. The summed E-state index contributed by atoms with van der Waals surface area (Å²) in [6.07, 6.45) is 0.922. The van der Waals surface area contributed by atoms with Gasteiger partial charge in [0.2, 0.25) is 0 Å². The van der Waals surface area contributed by atoms with E-state index in [0.717, 1.165) is 6.42 Å². The summed E-state index contributed by atoms with van der Waals surface area (Å²) in [5, 5.41) is 2.99. The van der Waals surface area contributed by atoms with Crippen LogP contribution in [0.4, 0.5) is 0 Å². The minimum Gasteiger partial charge on any atom is -0.484 e. The first-order valence-corrected chi connectivity index (χ1v) is 9.72. The number of benzene rings is 2. The Kier molecular flexibility index (Phi) is 8.98. The lowest BCUT2D eigenvalue weighted by Gasteiger charge is -2.12. The molecule has 2 aromatic carbocycles. The number of hydrogen-bond donors (Lipinski definition) is 3. The number of hydrazine groups is 1. The predicted octanol–water partition coefficient (Wildman–Crippen LogP) is 3.04. The van der Waals surface area contributed by atoms with Crippen LogP contribution in [0.15, 0.2) is 42.5 Å². The molecule has 2 rings (SSSR count). The fourth-order valence-electron chi connectivity index (χ4n) is 2.06. The predicted molar refractivity (Wildman–Crippen MR) is 115 cm³/mol. The van der Waals surface area contributed by atoms with Gasteiger partial charge in [0.25, 0.3) is 11.8 Å². The second-order valence-electron chi connectivity index (χ2n) is 5.70. The van der Waals surface area contributed by atoms with E-state index < -0.39 is 11.8 Å². The highest BCUT2D eigenvalue weighted by atomic mass is 35.5. The van der Waals surface area contributed by atoms with E-state index in [1.807, 2.05) is 12.1 Å². The summed E-state index contributed by atoms with van der Waals surface area (Å²) >= 11 is 16.7. The number of ether oxygens (including phenoxy) is 2. The van der Waals surface area contributed by atoms with Gasteiger partial charge in [0.1, 0.15) is 11.5 Å². The number of halogens is 2. The largest absolute Gasteiger partial charge is 0.484 e. The monoisotopic (exact) mass is 455 g/mol. The van der Waals surface area contributed by atoms with Crippen molar-refractivity contribution in [2.24, 2.45) is 0 Å². The summed E-state index contributed by atoms with van der Waals surface area (Å²) in [4.78, 5) is 23.6. The van der Waals surface area contributed by atoms with Crippen LogP contribution in [-0.4, -0.2) is 30.1 Å². The highest BCUT2D eigenvalue weighted by molar-refractivity contribution is 7.80. The number of rotatable bonds is 7.